The van der Waals surface area contributed by atoms with Gasteiger partial charge in [0.05, 0.1) is 22.5 Å². The van der Waals surface area contributed by atoms with Gasteiger partial charge in [0.25, 0.3) is 0 Å². The topological polar surface area (TPSA) is 29.1 Å². The molecule has 0 saturated heterocycles. The molecule has 2 aromatic carbocycles. The summed E-state index contributed by atoms with van der Waals surface area (Å²) in [5.41, 5.74) is 1.20. The summed E-state index contributed by atoms with van der Waals surface area (Å²) in [5.74, 6) is -2.11. The Hall–Kier alpha value is -1.65. The van der Waals surface area contributed by atoms with Gasteiger partial charge in [0, 0.05) is 0 Å². The first-order chi connectivity index (χ1) is 10.4. The first-order valence-electron chi connectivity index (χ1n) is 6.55. The van der Waals surface area contributed by atoms with Gasteiger partial charge < -0.3 is 5.32 Å². The highest BCUT2D eigenvalue weighted by Crippen LogP contribution is 2.23. The monoisotopic (exact) mass is 343 g/mol. The van der Waals surface area contributed by atoms with Crippen molar-refractivity contribution in [2.45, 2.75) is 19.4 Å². The molecule has 6 heteroatoms. The Morgan fingerprint density at radius 1 is 1.09 bits per heavy atom. The van der Waals surface area contributed by atoms with Crippen LogP contribution >= 0.6 is 23.2 Å². The van der Waals surface area contributed by atoms with Crippen molar-refractivity contribution in [3.63, 3.8) is 0 Å². The van der Waals surface area contributed by atoms with E-state index in [2.05, 4.69) is 5.32 Å². The maximum Gasteiger partial charge on any atom is 0.224 e. The van der Waals surface area contributed by atoms with E-state index in [1.54, 1.807) is 25.1 Å². The van der Waals surface area contributed by atoms with Crippen LogP contribution in [0.2, 0.25) is 10.0 Å². The van der Waals surface area contributed by atoms with Crippen LogP contribution in [0.15, 0.2) is 36.4 Å². The highest BCUT2D eigenvalue weighted by atomic mass is 35.5. The second kappa shape index (κ2) is 7.07. The molecule has 0 aliphatic heterocycles. The largest absolute Gasteiger partial charge is 0.349 e. The van der Waals surface area contributed by atoms with Crippen LogP contribution in [-0.4, -0.2) is 5.91 Å². The van der Waals surface area contributed by atoms with Crippen LogP contribution in [0.25, 0.3) is 0 Å². The van der Waals surface area contributed by atoms with Crippen LogP contribution in [0, 0.1) is 11.6 Å². The summed E-state index contributed by atoms with van der Waals surface area (Å²) in [4.78, 5) is 12.0. The van der Waals surface area contributed by atoms with Crippen LogP contribution in [0.5, 0.6) is 0 Å². The van der Waals surface area contributed by atoms with E-state index in [-0.39, 0.29) is 12.3 Å². The first kappa shape index (κ1) is 16.7. The molecule has 1 N–H and O–H groups in total. The van der Waals surface area contributed by atoms with E-state index >= 15 is 0 Å². The maximum absolute atomic E-state index is 13.2. The lowest BCUT2D eigenvalue weighted by Crippen LogP contribution is -2.28. The molecule has 22 heavy (non-hydrogen) atoms. The van der Waals surface area contributed by atoms with E-state index in [1.807, 2.05) is 0 Å². The molecule has 0 fully saturated rings. The normalized spacial score (nSPS) is 12.0. The zero-order valence-electron chi connectivity index (χ0n) is 11.7. The van der Waals surface area contributed by atoms with Gasteiger partial charge in [0.1, 0.15) is 0 Å². The summed E-state index contributed by atoms with van der Waals surface area (Å²) in [7, 11) is 0. The quantitative estimate of drug-likeness (QED) is 0.857. The fraction of sp³-hybridized carbons (Fsp3) is 0.188. The van der Waals surface area contributed by atoms with Gasteiger partial charge in [0.2, 0.25) is 5.91 Å². The average molecular weight is 344 g/mol. The number of nitrogens with one attached hydrogen (secondary N) is 1. The number of hydrogen-bond acceptors (Lipinski definition) is 1. The fourth-order valence-corrected chi connectivity index (χ4v) is 2.31. The van der Waals surface area contributed by atoms with Crippen LogP contribution in [0.4, 0.5) is 8.78 Å². The molecule has 0 bridgehead atoms. The standard InChI is InChI=1S/C16H13Cl2F2NO/c1-9(11-3-5-14(19)15(20)8-11)21-16(22)7-10-2-4-12(17)13(18)6-10/h2-6,8-9H,7H2,1H3,(H,21,22). The van der Waals surface area contributed by atoms with Crippen molar-refractivity contribution < 1.29 is 13.6 Å². The minimum absolute atomic E-state index is 0.116. The Kier molecular flexibility index (Phi) is 5.37. The minimum atomic E-state index is -0.942. The van der Waals surface area contributed by atoms with Crippen molar-refractivity contribution in [1.29, 1.82) is 0 Å². The Balaban J connectivity index is 2.01. The van der Waals surface area contributed by atoms with Crippen molar-refractivity contribution >= 4 is 29.1 Å². The smallest absolute Gasteiger partial charge is 0.224 e. The van der Waals surface area contributed by atoms with E-state index in [1.165, 1.54) is 6.07 Å². The number of amides is 1. The van der Waals surface area contributed by atoms with E-state index < -0.39 is 17.7 Å². The highest BCUT2D eigenvalue weighted by molar-refractivity contribution is 6.42. The molecule has 116 valence electrons. The molecule has 0 aliphatic rings. The maximum atomic E-state index is 13.2. The van der Waals surface area contributed by atoms with Gasteiger partial charge in [-0.15, -0.1) is 0 Å². The predicted molar refractivity (Wildman–Crippen MR) is 83.1 cm³/mol. The number of hydrogen-bond donors (Lipinski definition) is 1. The minimum Gasteiger partial charge on any atom is -0.349 e. The van der Waals surface area contributed by atoms with E-state index in [4.69, 9.17) is 23.2 Å². The van der Waals surface area contributed by atoms with Crippen molar-refractivity contribution in [2.24, 2.45) is 0 Å². The zero-order chi connectivity index (χ0) is 16.3. The molecular weight excluding hydrogens is 331 g/mol. The van der Waals surface area contributed by atoms with Gasteiger partial charge in [0.15, 0.2) is 11.6 Å². The summed E-state index contributed by atoms with van der Waals surface area (Å²) in [5, 5.41) is 3.51. The molecule has 1 atom stereocenters. The molecule has 1 amide bonds. The second-order valence-electron chi connectivity index (χ2n) is 4.89. The Morgan fingerprint density at radius 2 is 1.82 bits per heavy atom. The molecule has 2 nitrogen and oxygen atoms in total. The van der Waals surface area contributed by atoms with E-state index in [0.717, 1.165) is 12.1 Å². The molecule has 2 rings (SSSR count). The first-order valence-corrected chi connectivity index (χ1v) is 7.30. The molecular formula is C16H13Cl2F2NO. The third kappa shape index (κ3) is 4.18. The number of halogens is 4. The Labute approximate surface area is 137 Å². The van der Waals surface area contributed by atoms with Gasteiger partial charge >= 0.3 is 0 Å². The summed E-state index contributed by atoms with van der Waals surface area (Å²) < 4.78 is 26.1. The lowest BCUT2D eigenvalue weighted by atomic mass is 10.1. The molecule has 2 aromatic rings. The number of carbonyl (C=O) groups excluding carboxylic acids is 1. The molecule has 0 saturated carbocycles. The third-order valence-corrected chi connectivity index (χ3v) is 3.91. The molecule has 0 spiro atoms. The van der Waals surface area contributed by atoms with Gasteiger partial charge in [-0.05, 0) is 42.3 Å². The zero-order valence-corrected chi connectivity index (χ0v) is 13.2. The molecule has 0 aromatic heterocycles. The molecule has 0 aliphatic carbocycles. The van der Waals surface area contributed by atoms with Gasteiger partial charge in [-0.2, -0.15) is 0 Å². The molecule has 0 heterocycles. The fourth-order valence-electron chi connectivity index (χ4n) is 1.99. The third-order valence-electron chi connectivity index (χ3n) is 3.17. The summed E-state index contributed by atoms with van der Waals surface area (Å²) in [6.45, 7) is 1.69. The summed E-state index contributed by atoms with van der Waals surface area (Å²) in [6.07, 6.45) is 0.116. The molecule has 0 radical (unpaired) electrons. The molecule has 1 unspecified atom stereocenters. The van der Waals surface area contributed by atoms with Gasteiger partial charge in [-0.3, -0.25) is 4.79 Å². The second-order valence-corrected chi connectivity index (χ2v) is 5.70. The number of rotatable bonds is 4. The van der Waals surface area contributed by atoms with Crippen molar-refractivity contribution in [3.05, 3.63) is 69.2 Å². The van der Waals surface area contributed by atoms with Crippen LogP contribution < -0.4 is 5.32 Å². The average Bonchev–Trinajstić information content (AvgIpc) is 2.45. The number of benzene rings is 2. The van der Waals surface area contributed by atoms with Crippen molar-refractivity contribution in [1.82, 2.24) is 5.32 Å². The lowest BCUT2D eigenvalue weighted by molar-refractivity contribution is -0.121. The van der Waals surface area contributed by atoms with Gasteiger partial charge in [-0.1, -0.05) is 35.3 Å². The van der Waals surface area contributed by atoms with Gasteiger partial charge in [-0.25, -0.2) is 8.78 Å². The SMILES string of the molecule is CC(NC(=O)Cc1ccc(Cl)c(Cl)c1)c1ccc(F)c(F)c1. The Bertz CT molecular complexity index is 707. The van der Waals surface area contributed by atoms with E-state index in [0.29, 0.717) is 21.2 Å². The van der Waals surface area contributed by atoms with Crippen LogP contribution in [-0.2, 0) is 11.2 Å². The lowest BCUT2D eigenvalue weighted by Gasteiger charge is -2.15. The van der Waals surface area contributed by atoms with Crippen molar-refractivity contribution in [3.8, 4) is 0 Å². The van der Waals surface area contributed by atoms with E-state index in [9.17, 15) is 13.6 Å². The number of carbonyl (C=O) groups is 1. The summed E-state index contributed by atoms with van der Waals surface area (Å²) in [6, 6.07) is 8.03. The highest BCUT2D eigenvalue weighted by Gasteiger charge is 2.13. The Morgan fingerprint density at radius 3 is 2.45 bits per heavy atom. The van der Waals surface area contributed by atoms with Crippen LogP contribution in [0.3, 0.4) is 0 Å². The van der Waals surface area contributed by atoms with Crippen LogP contribution in [0.1, 0.15) is 24.1 Å². The summed E-state index contributed by atoms with van der Waals surface area (Å²) >= 11 is 11.7. The van der Waals surface area contributed by atoms with Crippen molar-refractivity contribution in [2.75, 3.05) is 0 Å². The predicted octanol–water partition coefficient (Wildman–Crippen LogP) is 4.69.